The van der Waals surface area contributed by atoms with Gasteiger partial charge in [-0.2, -0.15) is 9.29 Å². The van der Waals surface area contributed by atoms with Crippen LogP contribution in [-0.2, 0) is 14.8 Å². The maximum atomic E-state index is 13.4. The number of hydrogen-bond donors (Lipinski definition) is 1. The van der Waals surface area contributed by atoms with Crippen molar-refractivity contribution in [3.63, 3.8) is 0 Å². The van der Waals surface area contributed by atoms with Gasteiger partial charge in [0.05, 0.1) is 15.7 Å². The van der Waals surface area contributed by atoms with E-state index < -0.39 is 15.9 Å². The minimum atomic E-state index is -3.77. The van der Waals surface area contributed by atoms with Gasteiger partial charge in [0.25, 0.3) is 0 Å². The van der Waals surface area contributed by atoms with Crippen LogP contribution in [0.1, 0.15) is 29.2 Å². The summed E-state index contributed by atoms with van der Waals surface area (Å²) < 4.78 is 33.2. The van der Waals surface area contributed by atoms with Crippen LogP contribution in [0, 0.1) is 26.7 Å². The van der Waals surface area contributed by atoms with Crippen LogP contribution in [-0.4, -0.2) is 41.9 Å². The van der Waals surface area contributed by atoms with Gasteiger partial charge in [0.2, 0.25) is 27.6 Å². The molecule has 0 saturated carbocycles. The average Bonchev–Trinajstić information content (AvgIpc) is 3.37. The third-order valence-electron chi connectivity index (χ3n) is 5.52. The molecule has 0 radical (unpaired) electrons. The zero-order valence-corrected chi connectivity index (χ0v) is 20.3. The monoisotopic (exact) mass is 494 g/mol. The molecular weight excluding hydrogens is 472 g/mol. The fraction of sp³-hybridized carbons (Fsp3) is 0.381. The number of thiophene rings is 1. The van der Waals surface area contributed by atoms with Gasteiger partial charge < -0.3 is 9.84 Å². The zero-order valence-electron chi connectivity index (χ0n) is 17.9. The first-order valence-electron chi connectivity index (χ1n) is 10.1. The largest absolute Gasteiger partial charge is 0.339 e. The van der Waals surface area contributed by atoms with E-state index in [2.05, 4.69) is 15.5 Å². The number of amides is 1. The number of hydrogen-bond acceptors (Lipinski definition) is 7. The number of rotatable bonds is 5. The summed E-state index contributed by atoms with van der Waals surface area (Å²) in [5.74, 6) is 0.121. The Balaban J connectivity index is 1.53. The van der Waals surface area contributed by atoms with E-state index in [1.807, 2.05) is 6.92 Å². The van der Waals surface area contributed by atoms with Crippen LogP contribution in [0.2, 0.25) is 5.02 Å². The number of aryl methyl sites for hydroxylation is 2. The molecule has 0 bridgehead atoms. The van der Waals surface area contributed by atoms with E-state index in [-0.39, 0.29) is 17.3 Å². The van der Waals surface area contributed by atoms with Crippen LogP contribution >= 0.6 is 22.9 Å². The molecular formula is C21H23ClN4O4S2. The molecule has 2 aromatic heterocycles. The highest BCUT2D eigenvalue weighted by Crippen LogP contribution is 2.35. The Morgan fingerprint density at radius 1 is 1.31 bits per heavy atom. The van der Waals surface area contributed by atoms with Gasteiger partial charge in [-0.15, -0.1) is 11.3 Å². The lowest BCUT2D eigenvalue weighted by Gasteiger charge is -2.31. The van der Waals surface area contributed by atoms with Gasteiger partial charge in [-0.1, -0.05) is 22.8 Å². The highest BCUT2D eigenvalue weighted by molar-refractivity contribution is 7.89. The number of anilines is 1. The molecule has 170 valence electrons. The lowest BCUT2D eigenvalue weighted by Crippen LogP contribution is -2.43. The molecule has 1 aliphatic heterocycles. The number of sulfonamides is 1. The van der Waals surface area contributed by atoms with Crippen molar-refractivity contribution in [2.75, 3.05) is 18.4 Å². The Bertz CT molecular complexity index is 1270. The van der Waals surface area contributed by atoms with Gasteiger partial charge in [-0.05, 0) is 50.5 Å². The molecule has 0 aliphatic carbocycles. The molecule has 1 fully saturated rings. The lowest BCUT2D eigenvalue weighted by atomic mass is 9.98. The van der Waals surface area contributed by atoms with E-state index in [0.29, 0.717) is 51.6 Å². The lowest BCUT2D eigenvalue weighted by molar-refractivity contribution is -0.120. The Morgan fingerprint density at radius 2 is 2.09 bits per heavy atom. The molecule has 1 amide bonds. The first-order chi connectivity index (χ1) is 15.2. The summed E-state index contributed by atoms with van der Waals surface area (Å²) in [6.07, 6.45) is 1.22. The second-order valence-corrected chi connectivity index (χ2v) is 11.3. The van der Waals surface area contributed by atoms with Gasteiger partial charge in [0.15, 0.2) is 0 Å². The van der Waals surface area contributed by atoms with Gasteiger partial charge in [-0.3, -0.25) is 4.79 Å². The first-order valence-corrected chi connectivity index (χ1v) is 12.8. The Morgan fingerprint density at radius 3 is 2.81 bits per heavy atom. The van der Waals surface area contributed by atoms with E-state index in [1.165, 1.54) is 15.6 Å². The quantitative estimate of drug-likeness (QED) is 0.563. The molecule has 1 atom stereocenters. The minimum absolute atomic E-state index is 0.125. The molecule has 32 heavy (non-hydrogen) atoms. The maximum Gasteiger partial charge on any atom is 0.244 e. The fourth-order valence-corrected chi connectivity index (χ4v) is 6.91. The molecule has 3 heterocycles. The second-order valence-electron chi connectivity index (χ2n) is 7.77. The van der Waals surface area contributed by atoms with Crippen LogP contribution in [0.5, 0.6) is 0 Å². The predicted molar refractivity (Wildman–Crippen MR) is 123 cm³/mol. The smallest absolute Gasteiger partial charge is 0.244 e. The highest BCUT2D eigenvalue weighted by atomic mass is 35.5. The number of nitrogens with one attached hydrogen (secondary N) is 1. The molecule has 11 heteroatoms. The summed E-state index contributed by atoms with van der Waals surface area (Å²) in [6, 6.07) is 6.89. The number of aromatic nitrogens is 2. The summed E-state index contributed by atoms with van der Waals surface area (Å²) in [5.41, 5.74) is 1.41. The van der Waals surface area contributed by atoms with E-state index in [4.69, 9.17) is 16.1 Å². The highest BCUT2D eigenvalue weighted by Gasteiger charge is 2.35. The third-order valence-corrected chi connectivity index (χ3v) is 9.09. The molecule has 1 aromatic carbocycles. The number of piperidine rings is 1. The van der Waals surface area contributed by atoms with E-state index in [0.717, 1.165) is 5.56 Å². The molecule has 1 saturated heterocycles. The SMILES string of the molecule is Cc1nc(-c2cc(S(=O)(=O)N3CCC[C@H](C(=O)Nc4cccc(Cl)c4C)C3)c(C)s2)no1. The van der Waals surface area contributed by atoms with Crippen molar-refractivity contribution in [1.29, 1.82) is 0 Å². The molecule has 3 aromatic rings. The first kappa shape index (κ1) is 22.9. The van der Waals surface area contributed by atoms with Crippen LogP contribution in [0.4, 0.5) is 5.69 Å². The van der Waals surface area contributed by atoms with Crippen LogP contribution in [0.3, 0.4) is 0 Å². The van der Waals surface area contributed by atoms with Crippen molar-refractivity contribution in [3.8, 4) is 10.7 Å². The summed E-state index contributed by atoms with van der Waals surface area (Å²) in [6.45, 7) is 5.76. The van der Waals surface area contributed by atoms with Crippen molar-refractivity contribution in [3.05, 3.63) is 45.6 Å². The Hall–Kier alpha value is -2.27. The van der Waals surface area contributed by atoms with Gasteiger partial charge in [-0.25, -0.2) is 8.42 Å². The summed E-state index contributed by atoms with van der Waals surface area (Å²) in [5, 5.41) is 7.34. The fourth-order valence-electron chi connectivity index (χ4n) is 3.72. The number of benzene rings is 1. The minimum Gasteiger partial charge on any atom is -0.339 e. The number of carbonyl (C=O) groups excluding carboxylic acids is 1. The van der Waals surface area contributed by atoms with Crippen molar-refractivity contribution < 1.29 is 17.7 Å². The predicted octanol–water partition coefficient (Wildman–Crippen LogP) is 4.42. The molecule has 8 nitrogen and oxygen atoms in total. The topological polar surface area (TPSA) is 105 Å². The third kappa shape index (κ3) is 4.45. The average molecular weight is 495 g/mol. The Kier molecular flexibility index (Phi) is 6.39. The van der Waals surface area contributed by atoms with Gasteiger partial charge in [0.1, 0.15) is 0 Å². The molecule has 1 N–H and O–H groups in total. The maximum absolute atomic E-state index is 13.4. The number of carbonyl (C=O) groups is 1. The molecule has 4 rings (SSSR count). The van der Waals surface area contributed by atoms with E-state index in [9.17, 15) is 13.2 Å². The zero-order chi connectivity index (χ0) is 23.0. The van der Waals surface area contributed by atoms with Crippen LogP contribution in [0.25, 0.3) is 10.7 Å². The second kappa shape index (κ2) is 8.93. The van der Waals surface area contributed by atoms with Crippen molar-refractivity contribution in [2.45, 2.75) is 38.5 Å². The van der Waals surface area contributed by atoms with Crippen molar-refractivity contribution >= 4 is 44.6 Å². The van der Waals surface area contributed by atoms with Gasteiger partial charge in [0, 0.05) is 35.6 Å². The van der Waals surface area contributed by atoms with Crippen LogP contribution in [0.15, 0.2) is 33.7 Å². The van der Waals surface area contributed by atoms with Crippen LogP contribution < -0.4 is 5.32 Å². The molecule has 0 unspecified atom stereocenters. The molecule has 1 aliphatic rings. The summed E-state index contributed by atoms with van der Waals surface area (Å²) in [7, 11) is -3.77. The normalized spacial score (nSPS) is 17.4. The van der Waals surface area contributed by atoms with Gasteiger partial charge >= 0.3 is 0 Å². The number of nitrogens with zero attached hydrogens (tertiary/aromatic N) is 3. The van der Waals surface area contributed by atoms with Crippen molar-refractivity contribution in [2.24, 2.45) is 5.92 Å². The Labute approximate surface area is 195 Å². The van der Waals surface area contributed by atoms with E-state index in [1.54, 1.807) is 38.1 Å². The standard InChI is InChI=1S/C21H23ClN4O4S2/c1-12-16(22)7-4-8-17(12)24-21(27)15-6-5-9-26(11-15)32(28,29)19-10-18(31-13(19)2)20-23-14(3)30-25-20/h4,7-8,10,15H,5-6,9,11H2,1-3H3,(H,24,27)/t15-/m0/s1. The summed E-state index contributed by atoms with van der Waals surface area (Å²) in [4.78, 5) is 18.6. The van der Waals surface area contributed by atoms with E-state index >= 15 is 0 Å². The molecule has 0 spiro atoms. The van der Waals surface area contributed by atoms with Crippen molar-refractivity contribution in [1.82, 2.24) is 14.4 Å². The summed E-state index contributed by atoms with van der Waals surface area (Å²) >= 11 is 7.44. The number of halogens is 1.